The van der Waals surface area contributed by atoms with Crippen molar-refractivity contribution >= 4 is 22.4 Å². The molecule has 17 heavy (non-hydrogen) atoms. The molecule has 0 atom stereocenters. The number of aryl methyl sites for hydroxylation is 1. The second-order valence-corrected chi connectivity index (χ2v) is 5.08. The third-order valence-corrected chi connectivity index (χ3v) is 3.17. The fraction of sp³-hybridized carbons (Fsp3) is 0.444. The van der Waals surface area contributed by atoms with Gasteiger partial charge in [0.15, 0.2) is 0 Å². The summed E-state index contributed by atoms with van der Waals surface area (Å²) in [7, 11) is 0. The maximum absolute atomic E-state index is 11.8. The first-order valence-electron chi connectivity index (χ1n) is 5.26. The van der Waals surface area contributed by atoms with Gasteiger partial charge in [-0.2, -0.15) is 0 Å². The molecule has 0 spiro atoms. The highest BCUT2D eigenvalue weighted by molar-refractivity contribution is 7.15. The molecule has 2 aromatic heterocycles. The Morgan fingerprint density at radius 2 is 2.29 bits per heavy atom. The van der Waals surface area contributed by atoms with Crippen LogP contribution in [-0.2, 0) is 0 Å². The number of rotatable bonds is 3. The summed E-state index contributed by atoms with van der Waals surface area (Å²) in [5, 5.41) is 18.2. The summed E-state index contributed by atoms with van der Waals surface area (Å²) < 4.78 is 0. The van der Waals surface area contributed by atoms with Gasteiger partial charge in [-0.25, -0.2) is 4.98 Å². The number of nitrogens with zero attached hydrogens (tertiary/aromatic N) is 4. The molecule has 2 aromatic rings. The van der Waals surface area contributed by atoms with Gasteiger partial charge in [-0.3, -0.25) is 15.2 Å². The molecule has 0 radical (unpaired) electrons. The van der Waals surface area contributed by atoms with Crippen molar-refractivity contribution in [1.82, 2.24) is 25.4 Å². The first-order chi connectivity index (χ1) is 8.22. The number of H-pyrrole nitrogens is 1. The monoisotopic (exact) mass is 250 g/mol. The smallest absolute Gasteiger partial charge is 0.294 e. The summed E-state index contributed by atoms with van der Waals surface area (Å²) >= 11 is 1.32. The predicted octanol–water partition coefficient (Wildman–Crippen LogP) is 1.09. The Hall–Kier alpha value is -1.83. The summed E-state index contributed by atoms with van der Waals surface area (Å²) in [6.07, 6.45) is 2.23. The SMILES string of the molecule is Cc1nnc(NC(=O)c2n[nH]c(C3CC3)n2)s1. The van der Waals surface area contributed by atoms with Crippen LogP contribution in [0.2, 0.25) is 0 Å². The number of hydrogen-bond donors (Lipinski definition) is 2. The molecule has 0 saturated heterocycles. The first kappa shape index (κ1) is 10.3. The zero-order valence-corrected chi connectivity index (χ0v) is 9.91. The molecule has 0 aromatic carbocycles. The number of aromatic nitrogens is 5. The van der Waals surface area contributed by atoms with E-state index in [-0.39, 0.29) is 11.7 Å². The lowest BCUT2D eigenvalue weighted by molar-refractivity contribution is 0.101. The van der Waals surface area contributed by atoms with Crippen molar-refractivity contribution in [2.24, 2.45) is 0 Å². The number of amides is 1. The van der Waals surface area contributed by atoms with Crippen molar-refractivity contribution in [2.75, 3.05) is 5.32 Å². The minimum absolute atomic E-state index is 0.153. The van der Waals surface area contributed by atoms with Gasteiger partial charge in [0.2, 0.25) is 11.0 Å². The third-order valence-electron chi connectivity index (χ3n) is 2.42. The van der Waals surface area contributed by atoms with Crippen LogP contribution >= 0.6 is 11.3 Å². The van der Waals surface area contributed by atoms with Crippen molar-refractivity contribution in [1.29, 1.82) is 0 Å². The van der Waals surface area contributed by atoms with Crippen LogP contribution < -0.4 is 5.32 Å². The van der Waals surface area contributed by atoms with Gasteiger partial charge in [-0.1, -0.05) is 11.3 Å². The number of carbonyl (C=O) groups excluding carboxylic acids is 1. The van der Waals surface area contributed by atoms with Gasteiger partial charge in [0, 0.05) is 5.92 Å². The van der Waals surface area contributed by atoms with Crippen LogP contribution in [0.15, 0.2) is 0 Å². The van der Waals surface area contributed by atoms with E-state index in [1.807, 2.05) is 6.92 Å². The summed E-state index contributed by atoms with van der Waals surface area (Å²) in [6.45, 7) is 1.82. The fourth-order valence-electron chi connectivity index (χ4n) is 1.42. The van der Waals surface area contributed by atoms with Crippen LogP contribution in [0, 0.1) is 6.92 Å². The Balaban J connectivity index is 1.72. The summed E-state index contributed by atoms with van der Waals surface area (Å²) in [4.78, 5) is 15.9. The van der Waals surface area contributed by atoms with E-state index in [0.717, 1.165) is 23.7 Å². The van der Waals surface area contributed by atoms with E-state index in [1.54, 1.807) is 0 Å². The largest absolute Gasteiger partial charge is 0.297 e. The third kappa shape index (κ3) is 2.16. The molecule has 1 saturated carbocycles. The van der Waals surface area contributed by atoms with Crippen LogP contribution in [0.5, 0.6) is 0 Å². The number of hydrogen-bond acceptors (Lipinski definition) is 6. The van der Waals surface area contributed by atoms with Gasteiger partial charge < -0.3 is 0 Å². The Morgan fingerprint density at radius 1 is 1.47 bits per heavy atom. The van der Waals surface area contributed by atoms with Gasteiger partial charge in [0.05, 0.1) is 0 Å². The highest BCUT2D eigenvalue weighted by atomic mass is 32.1. The van der Waals surface area contributed by atoms with Gasteiger partial charge in [0.1, 0.15) is 10.8 Å². The van der Waals surface area contributed by atoms with E-state index in [1.165, 1.54) is 11.3 Å². The molecule has 2 heterocycles. The lowest BCUT2D eigenvalue weighted by atomic mass is 10.4. The topological polar surface area (TPSA) is 96.5 Å². The second-order valence-electron chi connectivity index (χ2n) is 3.90. The maximum atomic E-state index is 11.8. The van der Waals surface area contributed by atoms with Gasteiger partial charge in [-0.05, 0) is 19.8 Å². The Labute approximate surface area is 101 Å². The lowest BCUT2D eigenvalue weighted by Crippen LogP contribution is -2.13. The van der Waals surface area contributed by atoms with E-state index < -0.39 is 0 Å². The lowest BCUT2D eigenvalue weighted by Gasteiger charge is -1.94. The molecule has 7 nitrogen and oxygen atoms in total. The van der Waals surface area contributed by atoms with Crippen molar-refractivity contribution in [2.45, 2.75) is 25.7 Å². The number of carbonyl (C=O) groups is 1. The average molecular weight is 250 g/mol. The Bertz CT molecular complexity index is 557. The summed E-state index contributed by atoms with van der Waals surface area (Å²) in [5.41, 5.74) is 0. The maximum Gasteiger partial charge on any atom is 0.297 e. The molecule has 1 aliphatic carbocycles. The zero-order chi connectivity index (χ0) is 11.8. The molecular formula is C9H10N6OS. The number of aromatic amines is 1. The molecule has 0 aliphatic heterocycles. The summed E-state index contributed by atoms with van der Waals surface area (Å²) in [5.74, 6) is 1.04. The van der Waals surface area contributed by atoms with Crippen LogP contribution in [0.25, 0.3) is 0 Å². The van der Waals surface area contributed by atoms with Crippen molar-refractivity contribution < 1.29 is 4.79 Å². The minimum Gasteiger partial charge on any atom is -0.294 e. The zero-order valence-electron chi connectivity index (χ0n) is 9.10. The standard InChI is InChI=1S/C9H10N6OS/c1-4-12-15-9(17-4)11-8(16)7-10-6(13-14-7)5-2-3-5/h5H,2-3H2,1H3,(H,10,13,14)(H,11,15,16). The first-order valence-corrected chi connectivity index (χ1v) is 6.08. The highest BCUT2D eigenvalue weighted by Gasteiger charge is 2.28. The normalized spacial score (nSPS) is 14.9. The van der Waals surface area contributed by atoms with Crippen molar-refractivity contribution in [3.8, 4) is 0 Å². The molecular weight excluding hydrogens is 240 g/mol. The molecule has 1 amide bonds. The molecule has 8 heteroatoms. The van der Waals surface area contributed by atoms with Crippen LogP contribution in [0.1, 0.15) is 40.2 Å². The molecule has 3 rings (SSSR count). The summed E-state index contributed by atoms with van der Waals surface area (Å²) in [6, 6.07) is 0. The molecule has 0 unspecified atom stereocenters. The van der Waals surface area contributed by atoms with Gasteiger partial charge in [-0.15, -0.1) is 15.3 Å². The second kappa shape index (κ2) is 3.88. The Morgan fingerprint density at radius 3 is 2.94 bits per heavy atom. The quantitative estimate of drug-likeness (QED) is 0.850. The number of nitrogens with one attached hydrogen (secondary N) is 2. The predicted molar refractivity (Wildman–Crippen MR) is 61.0 cm³/mol. The van der Waals surface area contributed by atoms with Crippen molar-refractivity contribution in [3.05, 3.63) is 16.7 Å². The number of anilines is 1. The molecule has 88 valence electrons. The fourth-order valence-corrected chi connectivity index (χ4v) is 2.00. The molecule has 1 fully saturated rings. The highest BCUT2D eigenvalue weighted by Crippen LogP contribution is 2.37. The van der Waals surface area contributed by atoms with E-state index in [0.29, 0.717) is 11.0 Å². The molecule has 1 aliphatic rings. The van der Waals surface area contributed by atoms with Crippen molar-refractivity contribution in [3.63, 3.8) is 0 Å². The van der Waals surface area contributed by atoms with Crippen LogP contribution in [-0.4, -0.2) is 31.3 Å². The van der Waals surface area contributed by atoms with Gasteiger partial charge >= 0.3 is 0 Å². The van der Waals surface area contributed by atoms with Gasteiger partial charge in [0.25, 0.3) is 5.91 Å². The van der Waals surface area contributed by atoms with Crippen LogP contribution in [0.3, 0.4) is 0 Å². The minimum atomic E-state index is -0.357. The van der Waals surface area contributed by atoms with E-state index >= 15 is 0 Å². The molecule has 0 bridgehead atoms. The average Bonchev–Trinajstić information content (AvgIpc) is 2.88. The Kier molecular flexibility index (Phi) is 2.36. The van der Waals surface area contributed by atoms with E-state index in [9.17, 15) is 4.79 Å². The van der Waals surface area contributed by atoms with Crippen LogP contribution in [0.4, 0.5) is 5.13 Å². The van der Waals surface area contributed by atoms with E-state index in [4.69, 9.17) is 0 Å². The molecule has 2 N–H and O–H groups in total. The van der Waals surface area contributed by atoms with E-state index in [2.05, 4.69) is 30.7 Å².